The van der Waals surface area contributed by atoms with E-state index in [2.05, 4.69) is 0 Å². The molecule has 0 spiro atoms. The second kappa shape index (κ2) is 11.2. The fourth-order valence-electron chi connectivity index (χ4n) is 3.23. The Morgan fingerprint density at radius 2 is 1.45 bits per heavy atom. The van der Waals surface area contributed by atoms with Gasteiger partial charge in [-0.3, -0.25) is 9.59 Å². The van der Waals surface area contributed by atoms with E-state index in [9.17, 15) is 26.8 Å². The van der Waals surface area contributed by atoms with E-state index in [1.807, 2.05) is 18.6 Å². The van der Waals surface area contributed by atoms with E-state index < -0.39 is 39.4 Å². The van der Waals surface area contributed by atoms with E-state index in [0.717, 1.165) is 5.41 Å². The van der Waals surface area contributed by atoms with Crippen LogP contribution in [0.3, 0.4) is 0 Å². The molecule has 2 amide bonds. The van der Waals surface area contributed by atoms with Gasteiger partial charge in [0, 0.05) is 11.7 Å². The molecule has 2 rings (SSSR count). The number of hydrogen-bond acceptors (Lipinski definition) is 4. The molecule has 9 heteroatoms. The Hall–Kier alpha value is -3.07. The van der Waals surface area contributed by atoms with Crippen LogP contribution in [0.5, 0.6) is 0 Å². The molecule has 0 aliphatic heterocycles. The number of nitrogens with zero attached hydrogens (tertiary/aromatic N) is 1. The van der Waals surface area contributed by atoms with Gasteiger partial charge in [0.05, 0.1) is 5.41 Å². The molecule has 0 bridgehead atoms. The normalized spacial score (nSPS) is 12.8. The highest BCUT2D eigenvalue weighted by molar-refractivity contribution is 7.93. The van der Waals surface area contributed by atoms with Crippen molar-refractivity contribution in [1.82, 2.24) is 4.72 Å². The molecule has 2 aromatic carbocycles. The Kier molecular flexibility index (Phi) is 8.87. The lowest BCUT2D eigenvalue weighted by molar-refractivity contribution is -0.133. The topological polar surface area (TPSA) is 83.5 Å². The van der Waals surface area contributed by atoms with Crippen molar-refractivity contribution in [2.75, 3.05) is 4.90 Å². The number of nitrogens with one attached hydrogen (secondary N) is 1. The van der Waals surface area contributed by atoms with Crippen molar-refractivity contribution in [3.63, 3.8) is 0 Å². The van der Waals surface area contributed by atoms with Crippen LogP contribution in [0.15, 0.2) is 53.9 Å². The third kappa shape index (κ3) is 7.78. The highest BCUT2D eigenvalue weighted by Gasteiger charge is 2.34. The fourth-order valence-corrected chi connectivity index (χ4v) is 4.06. The lowest BCUT2D eigenvalue weighted by Gasteiger charge is -2.31. The summed E-state index contributed by atoms with van der Waals surface area (Å²) in [5.41, 5.74) is 0.823. The molecule has 2 aromatic rings. The number of carbonyl (C=O) groups is 2. The van der Waals surface area contributed by atoms with Gasteiger partial charge in [-0.1, -0.05) is 26.0 Å². The van der Waals surface area contributed by atoms with Gasteiger partial charge < -0.3 is 4.90 Å². The van der Waals surface area contributed by atoms with E-state index in [0.29, 0.717) is 11.3 Å². The van der Waals surface area contributed by atoms with Crippen LogP contribution in [0.4, 0.5) is 14.5 Å². The van der Waals surface area contributed by atoms with Crippen molar-refractivity contribution < 1.29 is 26.8 Å². The van der Waals surface area contributed by atoms with Crippen molar-refractivity contribution in [2.24, 2.45) is 11.8 Å². The number of anilines is 1. The molecule has 1 atom stereocenters. The maximum atomic E-state index is 13.4. The predicted octanol–water partition coefficient (Wildman–Crippen LogP) is 4.49. The van der Waals surface area contributed by atoms with Crippen LogP contribution in [-0.4, -0.2) is 26.3 Å². The van der Waals surface area contributed by atoms with Gasteiger partial charge in [-0.25, -0.2) is 21.9 Å². The third-order valence-electron chi connectivity index (χ3n) is 4.73. The fraction of sp³-hybridized carbons (Fsp3) is 0.333. The van der Waals surface area contributed by atoms with E-state index >= 15 is 0 Å². The Bertz CT molecular complexity index is 1100. The van der Waals surface area contributed by atoms with Gasteiger partial charge in [-0.15, -0.1) is 0 Å². The lowest BCUT2D eigenvalue weighted by Crippen LogP contribution is -2.48. The average molecular weight is 479 g/mol. The van der Waals surface area contributed by atoms with Gasteiger partial charge in [0.15, 0.2) is 0 Å². The summed E-state index contributed by atoms with van der Waals surface area (Å²) in [4.78, 5) is 27.6. The van der Waals surface area contributed by atoms with Crippen LogP contribution in [0, 0.1) is 23.5 Å². The largest absolute Gasteiger partial charge is 0.309 e. The Morgan fingerprint density at radius 1 is 0.939 bits per heavy atom. The van der Waals surface area contributed by atoms with Crippen molar-refractivity contribution >= 4 is 33.6 Å². The minimum Gasteiger partial charge on any atom is -0.309 e. The number of halogens is 2. The standard InChI is InChI=1S/C24H28F2N2O4S/c1-16(2)15-22(24(30)28(17(3)4)21-11-9-20(26)10-12-21)23(29)27-33(31,32)14-13-18-5-7-19(25)8-6-18/h5-14,16-17,22H,15H2,1-4H3,(H,27,29)/b14-13+. The predicted molar refractivity (Wildman–Crippen MR) is 124 cm³/mol. The summed E-state index contributed by atoms with van der Waals surface area (Å²) >= 11 is 0. The molecular weight excluding hydrogens is 450 g/mol. The molecule has 0 aliphatic carbocycles. The van der Waals surface area contributed by atoms with Crippen molar-refractivity contribution in [3.8, 4) is 0 Å². The summed E-state index contributed by atoms with van der Waals surface area (Å²) < 4.78 is 53.2. The second-order valence-corrected chi connectivity index (χ2v) is 9.89. The summed E-state index contributed by atoms with van der Waals surface area (Å²) in [7, 11) is -4.21. The van der Waals surface area contributed by atoms with E-state index in [1.54, 1.807) is 13.8 Å². The van der Waals surface area contributed by atoms with Crippen LogP contribution < -0.4 is 9.62 Å². The van der Waals surface area contributed by atoms with Crippen LogP contribution in [-0.2, 0) is 19.6 Å². The number of hydrogen-bond donors (Lipinski definition) is 1. The number of amides is 2. The quantitative estimate of drug-likeness (QED) is 0.539. The molecule has 1 N–H and O–H groups in total. The molecule has 0 fully saturated rings. The molecule has 0 heterocycles. The second-order valence-electron chi connectivity index (χ2n) is 8.33. The first-order valence-electron chi connectivity index (χ1n) is 10.5. The monoisotopic (exact) mass is 478 g/mol. The number of rotatable bonds is 9. The van der Waals surface area contributed by atoms with Crippen LogP contribution >= 0.6 is 0 Å². The van der Waals surface area contributed by atoms with Gasteiger partial charge in [0.25, 0.3) is 10.0 Å². The Balaban J connectivity index is 2.27. The summed E-state index contributed by atoms with van der Waals surface area (Å²) in [6.45, 7) is 7.11. The first-order valence-corrected chi connectivity index (χ1v) is 12.0. The third-order valence-corrected chi connectivity index (χ3v) is 5.71. The van der Waals surface area contributed by atoms with Gasteiger partial charge >= 0.3 is 0 Å². The molecule has 0 saturated carbocycles. The maximum Gasteiger partial charge on any atom is 0.257 e. The molecule has 6 nitrogen and oxygen atoms in total. The highest BCUT2D eigenvalue weighted by atomic mass is 32.2. The molecule has 33 heavy (non-hydrogen) atoms. The molecule has 178 valence electrons. The lowest BCUT2D eigenvalue weighted by atomic mass is 9.94. The van der Waals surface area contributed by atoms with E-state index in [4.69, 9.17) is 0 Å². The van der Waals surface area contributed by atoms with Crippen LogP contribution in [0.1, 0.15) is 39.7 Å². The zero-order valence-electron chi connectivity index (χ0n) is 19.0. The van der Waals surface area contributed by atoms with Crippen LogP contribution in [0.2, 0.25) is 0 Å². The van der Waals surface area contributed by atoms with Gasteiger partial charge in [-0.2, -0.15) is 0 Å². The smallest absolute Gasteiger partial charge is 0.257 e. The Labute approximate surface area is 193 Å². The first kappa shape index (κ1) is 26.2. The van der Waals surface area contributed by atoms with Crippen LogP contribution in [0.25, 0.3) is 6.08 Å². The van der Waals surface area contributed by atoms with E-state index in [-0.39, 0.29) is 18.4 Å². The summed E-state index contributed by atoms with van der Waals surface area (Å²) in [5, 5.41) is 0.787. The molecule has 0 saturated heterocycles. The zero-order valence-corrected chi connectivity index (χ0v) is 19.8. The highest BCUT2D eigenvalue weighted by Crippen LogP contribution is 2.24. The molecule has 0 aromatic heterocycles. The number of benzene rings is 2. The summed E-state index contributed by atoms with van der Waals surface area (Å²) in [5.74, 6) is -3.82. The summed E-state index contributed by atoms with van der Waals surface area (Å²) in [6, 6.07) is 10.0. The minimum atomic E-state index is -4.21. The SMILES string of the molecule is CC(C)CC(C(=O)NS(=O)(=O)/C=C/c1ccc(F)cc1)C(=O)N(c1ccc(F)cc1)C(C)C. The van der Waals surface area contributed by atoms with Gasteiger partial charge in [0.1, 0.15) is 17.6 Å². The summed E-state index contributed by atoms with van der Waals surface area (Å²) in [6.07, 6.45) is 1.33. The molecule has 1 unspecified atom stereocenters. The van der Waals surface area contributed by atoms with E-state index in [1.165, 1.54) is 59.5 Å². The Morgan fingerprint density at radius 3 is 1.94 bits per heavy atom. The first-order chi connectivity index (χ1) is 15.4. The molecule has 0 aliphatic rings. The molecule has 0 radical (unpaired) electrons. The molecular formula is C24H28F2N2O4S. The minimum absolute atomic E-state index is 0.0793. The average Bonchev–Trinajstić information content (AvgIpc) is 2.72. The number of carbonyl (C=O) groups excluding carboxylic acids is 2. The van der Waals surface area contributed by atoms with Gasteiger partial charge in [0.2, 0.25) is 11.8 Å². The maximum absolute atomic E-state index is 13.4. The van der Waals surface area contributed by atoms with Crippen molar-refractivity contribution in [3.05, 3.63) is 71.1 Å². The van der Waals surface area contributed by atoms with Crippen molar-refractivity contribution in [2.45, 2.75) is 40.2 Å². The van der Waals surface area contributed by atoms with Gasteiger partial charge in [-0.05, 0) is 74.2 Å². The number of sulfonamides is 1. The van der Waals surface area contributed by atoms with Crippen molar-refractivity contribution in [1.29, 1.82) is 0 Å². The zero-order chi connectivity index (χ0) is 24.8.